The number of benzene rings is 1. The largest absolute Gasteiger partial charge is 0.461 e. The minimum atomic E-state index is 0.0567. The lowest BCUT2D eigenvalue weighted by Crippen LogP contribution is -2.24. The second kappa shape index (κ2) is 9.53. The van der Waals surface area contributed by atoms with Gasteiger partial charge in [-0.25, -0.2) is 0 Å². The maximum absolute atomic E-state index is 11.8. The maximum Gasteiger partial charge on any atom is 0.220 e. The fourth-order valence-electron chi connectivity index (χ4n) is 2.24. The maximum atomic E-state index is 11.8. The molecule has 1 aromatic heterocycles. The molecule has 4 nitrogen and oxygen atoms in total. The number of rotatable bonds is 9. The zero-order chi connectivity index (χ0) is 16.5. The Morgan fingerprint density at radius 1 is 1.22 bits per heavy atom. The van der Waals surface area contributed by atoms with Gasteiger partial charge in [0.2, 0.25) is 5.91 Å². The highest BCUT2D eigenvalue weighted by Crippen LogP contribution is 2.29. The average Bonchev–Trinajstić information content (AvgIpc) is 3.02. The molecule has 0 aliphatic carbocycles. The summed E-state index contributed by atoms with van der Waals surface area (Å²) in [6.45, 7) is 1.43. The zero-order valence-corrected chi connectivity index (χ0v) is 14.9. The lowest BCUT2D eigenvalue weighted by atomic mass is 10.2. The zero-order valence-electron chi connectivity index (χ0n) is 13.3. The summed E-state index contributed by atoms with van der Waals surface area (Å²) < 4.78 is 11.8. The van der Waals surface area contributed by atoms with Crippen molar-refractivity contribution in [1.29, 1.82) is 0 Å². The number of carbonyl (C=O) groups excluding carboxylic acids is 1. The number of ether oxygens (including phenoxy) is 1. The summed E-state index contributed by atoms with van der Waals surface area (Å²) in [4.78, 5) is 11.8. The van der Waals surface area contributed by atoms with Crippen molar-refractivity contribution in [2.24, 2.45) is 0 Å². The van der Waals surface area contributed by atoms with Crippen LogP contribution in [0.1, 0.15) is 25.0 Å². The number of unbranched alkanes of at least 4 members (excludes halogenated alkanes) is 1. The summed E-state index contributed by atoms with van der Waals surface area (Å²) in [7, 11) is 1.68. The Hall–Kier alpha value is -1.59. The number of furan rings is 1. The van der Waals surface area contributed by atoms with Gasteiger partial charge in [0.05, 0.1) is 0 Å². The topological polar surface area (TPSA) is 51.5 Å². The quantitative estimate of drug-likeness (QED) is 0.664. The number of aryl methyl sites for hydroxylation is 1. The molecule has 1 heterocycles. The van der Waals surface area contributed by atoms with Crippen LogP contribution < -0.4 is 5.32 Å². The van der Waals surface area contributed by atoms with Crippen LogP contribution in [0.4, 0.5) is 0 Å². The highest BCUT2D eigenvalue weighted by Gasteiger charge is 2.09. The van der Waals surface area contributed by atoms with E-state index in [0.717, 1.165) is 41.0 Å². The van der Waals surface area contributed by atoms with Crippen molar-refractivity contribution >= 4 is 21.8 Å². The first-order chi connectivity index (χ1) is 11.2. The van der Waals surface area contributed by atoms with Gasteiger partial charge in [-0.3, -0.25) is 4.79 Å². The summed E-state index contributed by atoms with van der Waals surface area (Å²) in [5.41, 5.74) is 1.02. The second-order valence-electron chi connectivity index (χ2n) is 5.30. The lowest BCUT2D eigenvalue weighted by molar-refractivity contribution is -0.121. The van der Waals surface area contributed by atoms with Crippen LogP contribution in [0.5, 0.6) is 0 Å². The monoisotopic (exact) mass is 379 g/mol. The summed E-state index contributed by atoms with van der Waals surface area (Å²) in [5.74, 6) is 1.69. The number of halogens is 1. The molecule has 2 rings (SSSR count). The molecule has 1 N–H and O–H groups in total. The van der Waals surface area contributed by atoms with Gasteiger partial charge < -0.3 is 14.5 Å². The average molecular weight is 380 g/mol. The SMILES string of the molecule is COCCCCNC(=O)CCc1ccc(-c2ccccc2Br)o1. The molecule has 23 heavy (non-hydrogen) atoms. The van der Waals surface area contributed by atoms with E-state index in [1.54, 1.807) is 7.11 Å². The fraction of sp³-hybridized carbons (Fsp3) is 0.389. The molecule has 0 bridgehead atoms. The lowest BCUT2D eigenvalue weighted by Gasteiger charge is -2.04. The van der Waals surface area contributed by atoms with E-state index in [2.05, 4.69) is 21.2 Å². The van der Waals surface area contributed by atoms with Crippen LogP contribution in [0.25, 0.3) is 11.3 Å². The Labute approximate surface area is 145 Å². The number of nitrogens with one attached hydrogen (secondary N) is 1. The van der Waals surface area contributed by atoms with Crippen LogP contribution >= 0.6 is 15.9 Å². The number of amides is 1. The van der Waals surface area contributed by atoms with Gasteiger partial charge in [0, 0.05) is 43.1 Å². The molecule has 124 valence electrons. The van der Waals surface area contributed by atoms with Crippen molar-refractivity contribution < 1.29 is 13.9 Å². The Morgan fingerprint density at radius 3 is 2.83 bits per heavy atom. The molecule has 1 aromatic carbocycles. The summed E-state index contributed by atoms with van der Waals surface area (Å²) >= 11 is 3.52. The summed E-state index contributed by atoms with van der Waals surface area (Å²) in [6.07, 6.45) is 2.94. The smallest absolute Gasteiger partial charge is 0.220 e. The Kier molecular flexibility index (Phi) is 7.36. The minimum Gasteiger partial charge on any atom is -0.461 e. The molecular formula is C18H22BrNO3. The predicted octanol–water partition coefficient (Wildman–Crippen LogP) is 4.18. The first kappa shape index (κ1) is 17.8. The van der Waals surface area contributed by atoms with Gasteiger partial charge in [0.25, 0.3) is 0 Å². The van der Waals surface area contributed by atoms with Crippen LogP contribution in [-0.4, -0.2) is 26.2 Å². The van der Waals surface area contributed by atoms with Crippen molar-refractivity contribution in [3.63, 3.8) is 0 Å². The normalized spacial score (nSPS) is 10.7. The third-order valence-corrected chi connectivity index (χ3v) is 4.19. The summed E-state index contributed by atoms with van der Waals surface area (Å²) in [5, 5.41) is 2.92. The van der Waals surface area contributed by atoms with E-state index in [-0.39, 0.29) is 5.91 Å². The van der Waals surface area contributed by atoms with E-state index in [1.165, 1.54) is 0 Å². The van der Waals surface area contributed by atoms with Crippen LogP contribution in [-0.2, 0) is 16.0 Å². The van der Waals surface area contributed by atoms with E-state index in [1.807, 2.05) is 36.4 Å². The van der Waals surface area contributed by atoms with Crippen LogP contribution in [0.15, 0.2) is 45.3 Å². The van der Waals surface area contributed by atoms with Crippen molar-refractivity contribution in [2.75, 3.05) is 20.3 Å². The van der Waals surface area contributed by atoms with E-state index >= 15 is 0 Å². The van der Waals surface area contributed by atoms with Crippen LogP contribution in [0.3, 0.4) is 0 Å². The first-order valence-corrected chi connectivity index (χ1v) is 8.59. The second-order valence-corrected chi connectivity index (χ2v) is 6.15. The Balaban J connectivity index is 1.77. The van der Waals surface area contributed by atoms with Gasteiger partial charge >= 0.3 is 0 Å². The number of hydrogen-bond donors (Lipinski definition) is 1. The molecular weight excluding hydrogens is 358 g/mol. The van der Waals surface area contributed by atoms with Gasteiger partial charge in [0.15, 0.2) is 0 Å². The molecule has 0 aliphatic heterocycles. The first-order valence-electron chi connectivity index (χ1n) is 7.80. The Morgan fingerprint density at radius 2 is 2.04 bits per heavy atom. The molecule has 0 aliphatic rings. The van der Waals surface area contributed by atoms with E-state index in [4.69, 9.17) is 9.15 Å². The van der Waals surface area contributed by atoms with Gasteiger partial charge in [-0.1, -0.05) is 34.1 Å². The standard InChI is InChI=1S/C18H22BrNO3/c1-22-13-5-4-12-20-18(21)11-9-14-8-10-17(23-14)15-6-2-3-7-16(15)19/h2-3,6-8,10H,4-5,9,11-13H2,1H3,(H,20,21). The third kappa shape index (κ3) is 5.84. The summed E-state index contributed by atoms with van der Waals surface area (Å²) in [6, 6.07) is 11.8. The van der Waals surface area contributed by atoms with Crippen LogP contribution in [0, 0.1) is 0 Å². The molecule has 0 spiro atoms. The van der Waals surface area contributed by atoms with E-state index in [9.17, 15) is 4.79 Å². The molecule has 0 fully saturated rings. The predicted molar refractivity (Wildman–Crippen MR) is 94.3 cm³/mol. The Bertz CT molecular complexity index is 624. The minimum absolute atomic E-state index is 0.0567. The van der Waals surface area contributed by atoms with Crippen molar-refractivity contribution in [3.05, 3.63) is 46.6 Å². The molecule has 0 atom stereocenters. The molecule has 5 heteroatoms. The van der Waals surface area contributed by atoms with Gasteiger partial charge in [-0.05, 0) is 31.0 Å². The highest BCUT2D eigenvalue weighted by molar-refractivity contribution is 9.10. The fourth-order valence-corrected chi connectivity index (χ4v) is 2.72. The molecule has 0 radical (unpaired) electrons. The third-order valence-electron chi connectivity index (χ3n) is 3.50. The number of hydrogen-bond acceptors (Lipinski definition) is 3. The molecule has 1 amide bonds. The van der Waals surface area contributed by atoms with Crippen molar-refractivity contribution in [3.8, 4) is 11.3 Å². The molecule has 0 saturated heterocycles. The van der Waals surface area contributed by atoms with Gasteiger partial charge in [0.1, 0.15) is 11.5 Å². The molecule has 2 aromatic rings. The van der Waals surface area contributed by atoms with Crippen molar-refractivity contribution in [1.82, 2.24) is 5.32 Å². The number of methoxy groups -OCH3 is 1. The van der Waals surface area contributed by atoms with Crippen molar-refractivity contribution in [2.45, 2.75) is 25.7 Å². The van der Waals surface area contributed by atoms with Crippen LogP contribution in [0.2, 0.25) is 0 Å². The van der Waals surface area contributed by atoms with Gasteiger partial charge in [-0.2, -0.15) is 0 Å². The molecule has 0 saturated carbocycles. The van der Waals surface area contributed by atoms with Gasteiger partial charge in [-0.15, -0.1) is 0 Å². The van der Waals surface area contributed by atoms with E-state index < -0.39 is 0 Å². The highest BCUT2D eigenvalue weighted by atomic mass is 79.9. The van der Waals surface area contributed by atoms with E-state index in [0.29, 0.717) is 19.4 Å². The number of carbonyl (C=O) groups is 1. The molecule has 0 unspecified atom stereocenters.